The van der Waals surface area contributed by atoms with E-state index in [4.69, 9.17) is 0 Å². The molecule has 2 saturated heterocycles. The van der Waals surface area contributed by atoms with Crippen molar-refractivity contribution in [1.29, 1.82) is 0 Å². The highest BCUT2D eigenvalue weighted by molar-refractivity contribution is 5.86. The van der Waals surface area contributed by atoms with Gasteiger partial charge < -0.3 is 9.80 Å². The van der Waals surface area contributed by atoms with Crippen molar-refractivity contribution in [2.45, 2.75) is 45.1 Å². The van der Waals surface area contributed by atoms with Gasteiger partial charge in [-0.25, -0.2) is 4.98 Å². The predicted octanol–water partition coefficient (Wildman–Crippen LogP) is 0.919. The molecule has 1 saturated carbocycles. The molecule has 1 aromatic heterocycles. The first-order valence-electron chi connectivity index (χ1n) is 9.06. The molecule has 1 aliphatic carbocycles. The first kappa shape index (κ1) is 15.6. The van der Waals surface area contributed by atoms with Crippen LogP contribution in [0.5, 0.6) is 0 Å². The molecule has 2 amide bonds. The van der Waals surface area contributed by atoms with Gasteiger partial charge in [0.15, 0.2) is 0 Å². The Kier molecular flexibility index (Phi) is 4.02. The van der Waals surface area contributed by atoms with Crippen molar-refractivity contribution < 1.29 is 9.59 Å². The van der Waals surface area contributed by atoms with Crippen LogP contribution in [-0.4, -0.2) is 62.6 Å². The topological polar surface area (TPSA) is 71.3 Å². The van der Waals surface area contributed by atoms with Crippen LogP contribution in [0, 0.1) is 11.3 Å². The van der Waals surface area contributed by atoms with Crippen LogP contribution in [-0.2, 0) is 16.1 Å². The number of rotatable bonds is 5. The van der Waals surface area contributed by atoms with Gasteiger partial charge in [0.25, 0.3) is 0 Å². The Morgan fingerprint density at radius 1 is 1.29 bits per heavy atom. The van der Waals surface area contributed by atoms with E-state index < -0.39 is 0 Å². The largest absolute Gasteiger partial charge is 0.342 e. The monoisotopic (exact) mass is 331 g/mol. The van der Waals surface area contributed by atoms with Gasteiger partial charge in [-0.2, -0.15) is 5.10 Å². The molecule has 130 valence electrons. The Hall–Kier alpha value is -1.92. The zero-order valence-electron chi connectivity index (χ0n) is 14.1. The summed E-state index contributed by atoms with van der Waals surface area (Å²) in [6, 6.07) is 0. The third kappa shape index (κ3) is 3.03. The summed E-state index contributed by atoms with van der Waals surface area (Å²) in [5.41, 5.74) is -0.309. The summed E-state index contributed by atoms with van der Waals surface area (Å²) in [5, 5.41) is 4.03. The number of aryl methyl sites for hydroxylation is 1. The average Bonchev–Trinajstić information content (AvgIpc) is 3.09. The maximum atomic E-state index is 13.0. The van der Waals surface area contributed by atoms with Gasteiger partial charge in [0.1, 0.15) is 12.7 Å². The van der Waals surface area contributed by atoms with Crippen molar-refractivity contribution in [2.75, 3.05) is 26.2 Å². The van der Waals surface area contributed by atoms with E-state index in [9.17, 15) is 9.59 Å². The lowest BCUT2D eigenvalue weighted by atomic mass is 9.78. The number of nitrogens with zero attached hydrogens (tertiary/aromatic N) is 5. The highest BCUT2D eigenvalue weighted by Crippen LogP contribution is 2.41. The lowest BCUT2D eigenvalue weighted by Gasteiger charge is -2.39. The van der Waals surface area contributed by atoms with E-state index in [-0.39, 0.29) is 11.3 Å². The number of hydrogen-bond donors (Lipinski definition) is 0. The molecular formula is C17H25N5O2. The van der Waals surface area contributed by atoms with Crippen molar-refractivity contribution in [1.82, 2.24) is 24.6 Å². The Labute approximate surface area is 142 Å². The van der Waals surface area contributed by atoms with E-state index in [0.29, 0.717) is 32.0 Å². The number of piperidine rings is 1. The highest BCUT2D eigenvalue weighted by Gasteiger charge is 2.49. The predicted molar refractivity (Wildman–Crippen MR) is 86.8 cm³/mol. The quantitative estimate of drug-likeness (QED) is 0.804. The Bertz CT molecular complexity index is 613. The fourth-order valence-corrected chi connectivity index (χ4v) is 4.12. The zero-order valence-corrected chi connectivity index (χ0v) is 14.1. The third-order valence-corrected chi connectivity index (χ3v) is 5.73. The SMILES string of the molecule is O=C(CCn1cncn1)N1CC[C@]2(CCCN(CC3CC3)C2=O)C1. The summed E-state index contributed by atoms with van der Waals surface area (Å²) in [5.74, 6) is 1.15. The molecule has 0 bridgehead atoms. The number of hydrogen-bond acceptors (Lipinski definition) is 4. The summed E-state index contributed by atoms with van der Waals surface area (Å²) in [6.07, 6.45) is 8.87. The van der Waals surface area contributed by atoms with Crippen LogP contribution >= 0.6 is 0 Å². The van der Waals surface area contributed by atoms with Gasteiger partial charge >= 0.3 is 0 Å². The summed E-state index contributed by atoms with van der Waals surface area (Å²) < 4.78 is 1.67. The molecule has 7 nitrogen and oxygen atoms in total. The normalized spacial score (nSPS) is 27.2. The molecule has 1 aromatic rings. The lowest BCUT2D eigenvalue weighted by Crippen LogP contribution is -2.51. The fraction of sp³-hybridized carbons (Fsp3) is 0.765. The molecule has 7 heteroatoms. The van der Waals surface area contributed by atoms with E-state index in [1.165, 1.54) is 19.2 Å². The zero-order chi connectivity index (χ0) is 16.6. The van der Waals surface area contributed by atoms with E-state index in [0.717, 1.165) is 38.3 Å². The second-order valence-corrected chi connectivity index (χ2v) is 7.55. The Morgan fingerprint density at radius 2 is 2.17 bits per heavy atom. The van der Waals surface area contributed by atoms with E-state index in [1.54, 1.807) is 11.0 Å². The number of aromatic nitrogens is 3. The van der Waals surface area contributed by atoms with Gasteiger partial charge in [-0.05, 0) is 38.0 Å². The first-order valence-corrected chi connectivity index (χ1v) is 9.06. The summed E-state index contributed by atoms with van der Waals surface area (Å²) in [6.45, 7) is 3.69. The molecule has 2 aliphatic heterocycles. The number of carbonyl (C=O) groups excluding carboxylic acids is 2. The van der Waals surface area contributed by atoms with Gasteiger partial charge in [0, 0.05) is 32.6 Å². The summed E-state index contributed by atoms with van der Waals surface area (Å²) >= 11 is 0. The first-order chi connectivity index (χ1) is 11.7. The van der Waals surface area contributed by atoms with Crippen molar-refractivity contribution in [2.24, 2.45) is 11.3 Å². The maximum absolute atomic E-state index is 13.0. The molecule has 0 radical (unpaired) electrons. The minimum atomic E-state index is -0.309. The van der Waals surface area contributed by atoms with E-state index in [2.05, 4.69) is 15.0 Å². The molecule has 0 N–H and O–H groups in total. The molecule has 1 spiro atoms. The lowest BCUT2D eigenvalue weighted by molar-refractivity contribution is -0.146. The number of amides is 2. The van der Waals surface area contributed by atoms with Gasteiger partial charge in [-0.15, -0.1) is 0 Å². The van der Waals surface area contributed by atoms with Gasteiger partial charge in [-0.1, -0.05) is 0 Å². The molecule has 4 rings (SSSR count). The van der Waals surface area contributed by atoms with Crippen molar-refractivity contribution in [3.63, 3.8) is 0 Å². The molecule has 3 fully saturated rings. The summed E-state index contributed by atoms with van der Waals surface area (Å²) in [4.78, 5) is 33.3. The minimum absolute atomic E-state index is 0.120. The van der Waals surface area contributed by atoms with Crippen LogP contribution in [0.1, 0.15) is 38.5 Å². The minimum Gasteiger partial charge on any atom is -0.342 e. The van der Waals surface area contributed by atoms with Gasteiger partial charge in [0.2, 0.25) is 11.8 Å². The Balaban J connectivity index is 1.35. The Morgan fingerprint density at radius 3 is 2.92 bits per heavy atom. The molecule has 0 aromatic carbocycles. The second kappa shape index (κ2) is 6.18. The van der Waals surface area contributed by atoms with E-state index in [1.807, 2.05) is 4.90 Å². The molecule has 1 atom stereocenters. The summed E-state index contributed by atoms with van der Waals surface area (Å²) in [7, 11) is 0. The average molecular weight is 331 g/mol. The van der Waals surface area contributed by atoms with Crippen LogP contribution in [0.3, 0.4) is 0 Å². The van der Waals surface area contributed by atoms with Crippen molar-refractivity contribution in [3.8, 4) is 0 Å². The number of carbonyl (C=O) groups is 2. The molecular weight excluding hydrogens is 306 g/mol. The van der Waals surface area contributed by atoms with Crippen LogP contribution < -0.4 is 0 Å². The molecule has 0 unspecified atom stereocenters. The smallest absolute Gasteiger partial charge is 0.230 e. The number of likely N-dealkylation sites (tertiary alicyclic amines) is 2. The van der Waals surface area contributed by atoms with Crippen molar-refractivity contribution in [3.05, 3.63) is 12.7 Å². The third-order valence-electron chi connectivity index (χ3n) is 5.73. The van der Waals surface area contributed by atoms with Crippen LogP contribution in [0.2, 0.25) is 0 Å². The molecule has 24 heavy (non-hydrogen) atoms. The molecule has 3 heterocycles. The van der Waals surface area contributed by atoms with Crippen LogP contribution in [0.15, 0.2) is 12.7 Å². The maximum Gasteiger partial charge on any atom is 0.230 e. The van der Waals surface area contributed by atoms with E-state index >= 15 is 0 Å². The van der Waals surface area contributed by atoms with Crippen LogP contribution in [0.25, 0.3) is 0 Å². The van der Waals surface area contributed by atoms with Crippen LogP contribution in [0.4, 0.5) is 0 Å². The fourth-order valence-electron chi connectivity index (χ4n) is 4.12. The highest BCUT2D eigenvalue weighted by atomic mass is 16.2. The van der Waals surface area contributed by atoms with Gasteiger partial charge in [0.05, 0.1) is 12.0 Å². The van der Waals surface area contributed by atoms with Crippen molar-refractivity contribution >= 4 is 11.8 Å². The molecule has 3 aliphatic rings. The van der Waals surface area contributed by atoms with Gasteiger partial charge in [-0.3, -0.25) is 14.3 Å². The standard InChI is InChI=1S/C17H25N5O2/c23-15(4-8-22-13-18-12-19-22)21-9-6-17(11-21)5-1-7-20(16(17)24)10-14-2-3-14/h12-14H,1-11H2/t17-/m1/s1. The second-order valence-electron chi connectivity index (χ2n) is 7.55.